The minimum atomic E-state index is -0.567. The Labute approximate surface area is 192 Å². The van der Waals surface area contributed by atoms with E-state index in [4.69, 9.17) is 4.74 Å². The molecule has 2 amide bonds. The predicted molar refractivity (Wildman–Crippen MR) is 128 cm³/mol. The highest BCUT2D eigenvalue weighted by atomic mass is 32.1. The smallest absolute Gasteiger partial charge is 0.411 e. The molecule has 2 aromatic carbocycles. The summed E-state index contributed by atoms with van der Waals surface area (Å²) < 4.78 is 10.1. The van der Waals surface area contributed by atoms with Crippen molar-refractivity contribution in [3.05, 3.63) is 76.5 Å². The highest BCUT2D eigenvalue weighted by molar-refractivity contribution is 7.10. The summed E-state index contributed by atoms with van der Waals surface area (Å²) >= 11 is 1.59. The molecule has 1 unspecified atom stereocenters. The van der Waals surface area contributed by atoms with Crippen LogP contribution >= 0.6 is 11.3 Å². The van der Waals surface area contributed by atoms with Crippen LogP contribution in [0.3, 0.4) is 0 Å². The molecule has 3 rings (SSSR count). The second-order valence-electron chi connectivity index (χ2n) is 8.32. The molecule has 2 N–H and O–H groups in total. The molecule has 0 bridgehead atoms. The number of alkyl carbamates (subject to hydrolysis) is 1. The molecular formula is C25H28N2O4S. The van der Waals surface area contributed by atoms with Gasteiger partial charge >= 0.3 is 12.2 Å². The number of methoxy groups -OCH3 is 1. The van der Waals surface area contributed by atoms with Crippen LogP contribution in [0.15, 0.2) is 66.0 Å². The number of anilines is 1. The van der Waals surface area contributed by atoms with Crippen molar-refractivity contribution in [2.45, 2.75) is 38.8 Å². The number of benzene rings is 2. The largest absolute Gasteiger partial charge is 0.453 e. The standard InChI is InChI=1S/C25H28N2O4S/c1-25(2,3)31-24(29)27-21(14-17-8-6-5-7-9-17)22-15-19(16-32-22)18-10-12-20(13-11-18)26-23(28)30-4/h5-13,15-16,21H,14H2,1-4H3,(H,26,28)(H,27,29). The third-order valence-electron chi connectivity index (χ3n) is 4.59. The maximum Gasteiger partial charge on any atom is 0.411 e. The van der Waals surface area contributed by atoms with Crippen molar-refractivity contribution in [1.29, 1.82) is 0 Å². The van der Waals surface area contributed by atoms with Crippen molar-refractivity contribution >= 4 is 29.2 Å². The minimum Gasteiger partial charge on any atom is -0.453 e. The van der Waals surface area contributed by atoms with Crippen molar-refractivity contribution in [3.63, 3.8) is 0 Å². The van der Waals surface area contributed by atoms with Crippen molar-refractivity contribution in [1.82, 2.24) is 5.32 Å². The van der Waals surface area contributed by atoms with Crippen LogP contribution in [0.1, 0.15) is 37.3 Å². The fourth-order valence-corrected chi connectivity index (χ4v) is 4.09. The first-order valence-electron chi connectivity index (χ1n) is 10.3. The molecule has 0 aliphatic rings. The SMILES string of the molecule is COC(=O)Nc1ccc(-c2csc(C(Cc3ccccc3)NC(=O)OC(C)(C)C)c2)cc1. The lowest BCUT2D eigenvalue weighted by molar-refractivity contribution is 0.0504. The van der Waals surface area contributed by atoms with Crippen LogP contribution in [0.4, 0.5) is 15.3 Å². The molecule has 168 valence electrons. The molecule has 0 radical (unpaired) electrons. The van der Waals surface area contributed by atoms with Gasteiger partial charge in [0, 0.05) is 10.6 Å². The number of hydrogen-bond acceptors (Lipinski definition) is 5. The summed E-state index contributed by atoms with van der Waals surface area (Å²) in [4.78, 5) is 24.9. The van der Waals surface area contributed by atoms with Crippen LogP contribution in [0.2, 0.25) is 0 Å². The molecule has 1 atom stereocenters. The number of carbonyl (C=O) groups excluding carboxylic acids is 2. The third-order valence-corrected chi connectivity index (χ3v) is 5.63. The summed E-state index contributed by atoms with van der Waals surface area (Å²) in [5.74, 6) is 0. The quantitative estimate of drug-likeness (QED) is 0.454. The van der Waals surface area contributed by atoms with Crippen molar-refractivity contribution in [2.24, 2.45) is 0 Å². The van der Waals surface area contributed by atoms with Gasteiger partial charge in [0.05, 0.1) is 13.2 Å². The van der Waals surface area contributed by atoms with E-state index < -0.39 is 17.8 Å². The molecule has 0 saturated heterocycles. The van der Waals surface area contributed by atoms with Gasteiger partial charge in [-0.25, -0.2) is 9.59 Å². The van der Waals surface area contributed by atoms with E-state index in [1.807, 2.05) is 75.4 Å². The Morgan fingerprint density at radius 1 is 0.969 bits per heavy atom. The Balaban J connectivity index is 1.79. The van der Waals surface area contributed by atoms with Gasteiger partial charge in [-0.1, -0.05) is 42.5 Å². The molecule has 6 nitrogen and oxygen atoms in total. The van der Waals surface area contributed by atoms with Crippen LogP contribution in [0.25, 0.3) is 11.1 Å². The average Bonchev–Trinajstić information content (AvgIpc) is 3.23. The van der Waals surface area contributed by atoms with E-state index in [0.29, 0.717) is 12.1 Å². The lowest BCUT2D eigenvalue weighted by Crippen LogP contribution is -2.35. The van der Waals surface area contributed by atoms with Gasteiger partial charge in [-0.2, -0.15) is 0 Å². The van der Waals surface area contributed by atoms with Crippen LogP contribution in [0.5, 0.6) is 0 Å². The fourth-order valence-electron chi connectivity index (χ4n) is 3.12. The maximum absolute atomic E-state index is 12.5. The van der Waals surface area contributed by atoms with Gasteiger partial charge in [-0.15, -0.1) is 11.3 Å². The molecule has 7 heteroatoms. The van der Waals surface area contributed by atoms with Gasteiger partial charge < -0.3 is 14.8 Å². The van der Waals surface area contributed by atoms with E-state index in [-0.39, 0.29) is 6.04 Å². The Hall–Kier alpha value is -3.32. The van der Waals surface area contributed by atoms with Gasteiger partial charge in [-0.05, 0) is 67.5 Å². The molecular weight excluding hydrogens is 424 g/mol. The van der Waals surface area contributed by atoms with Crippen LogP contribution in [0, 0.1) is 0 Å². The van der Waals surface area contributed by atoms with E-state index in [1.165, 1.54) is 7.11 Å². The molecule has 1 heterocycles. The fraction of sp³-hybridized carbons (Fsp3) is 0.280. The number of hydrogen-bond donors (Lipinski definition) is 2. The van der Waals surface area contributed by atoms with E-state index in [0.717, 1.165) is 21.6 Å². The van der Waals surface area contributed by atoms with Crippen LogP contribution in [-0.4, -0.2) is 24.9 Å². The predicted octanol–water partition coefficient (Wildman–Crippen LogP) is 6.40. The number of amides is 2. The summed E-state index contributed by atoms with van der Waals surface area (Å²) in [7, 11) is 1.33. The summed E-state index contributed by atoms with van der Waals surface area (Å²) in [5.41, 5.74) is 3.27. The lowest BCUT2D eigenvalue weighted by atomic mass is 10.0. The Bertz CT molecular complexity index is 1040. The van der Waals surface area contributed by atoms with E-state index in [1.54, 1.807) is 11.3 Å². The topological polar surface area (TPSA) is 76.7 Å². The first-order valence-corrected chi connectivity index (χ1v) is 11.2. The summed E-state index contributed by atoms with van der Waals surface area (Å²) in [6, 6.07) is 19.4. The van der Waals surface area contributed by atoms with E-state index in [2.05, 4.69) is 26.8 Å². The van der Waals surface area contributed by atoms with Gasteiger partial charge in [-0.3, -0.25) is 5.32 Å². The van der Waals surface area contributed by atoms with E-state index in [9.17, 15) is 9.59 Å². The number of rotatable bonds is 6. The number of thiophene rings is 1. The highest BCUT2D eigenvalue weighted by Crippen LogP contribution is 2.32. The third kappa shape index (κ3) is 6.85. The summed E-state index contributed by atoms with van der Waals surface area (Å²) in [6.07, 6.45) is -0.290. The van der Waals surface area contributed by atoms with Crippen molar-refractivity contribution < 1.29 is 19.1 Å². The van der Waals surface area contributed by atoms with Gasteiger partial charge in [0.15, 0.2) is 0 Å². The van der Waals surface area contributed by atoms with Crippen LogP contribution in [-0.2, 0) is 15.9 Å². The maximum atomic E-state index is 12.5. The Kier molecular flexibility index (Phi) is 7.53. The number of ether oxygens (including phenoxy) is 2. The summed E-state index contributed by atoms with van der Waals surface area (Å²) in [5, 5.41) is 7.73. The normalized spacial score (nSPS) is 12.0. The molecule has 32 heavy (non-hydrogen) atoms. The molecule has 0 aliphatic carbocycles. The Morgan fingerprint density at radius 2 is 1.66 bits per heavy atom. The molecule has 0 fully saturated rings. The second-order valence-corrected chi connectivity index (χ2v) is 9.26. The zero-order chi connectivity index (χ0) is 23.1. The second kappa shape index (κ2) is 10.3. The van der Waals surface area contributed by atoms with Gasteiger partial charge in [0.1, 0.15) is 5.60 Å². The molecule has 3 aromatic rings. The first kappa shape index (κ1) is 23.3. The Morgan fingerprint density at radius 3 is 2.28 bits per heavy atom. The van der Waals surface area contributed by atoms with Crippen molar-refractivity contribution in [2.75, 3.05) is 12.4 Å². The highest BCUT2D eigenvalue weighted by Gasteiger charge is 2.22. The van der Waals surface area contributed by atoms with Gasteiger partial charge in [0.2, 0.25) is 0 Å². The lowest BCUT2D eigenvalue weighted by Gasteiger charge is -2.23. The summed E-state index contributed by atoms with van der Waals surface area (Å²) in [6.45, 7) is 5.54. The van der Waals surface area contributed by atoms with Crippen molar-refractivity contribution in [3.8, 4) is 11.1 Å². The minimum absolute atomic E-state index is 0.216. The zero-order valence-electron chi connectivity index (χ0n) is 18.7. The molecule has 0 saturated carbocycles. The molecule has 0 aliphatic heterocycles. The number of nitrogens with one attached hydrogen (secondary N) is 2. The van der Waals surface area contributed by atoms with E-state index >= 15 is 0 Å². The monoisotopic (exact) mass is 452 g/mol. The van der Waals surface area contributed by atoms with Gasteiger partial charge in [0.25, 0.3) is 0 Å². The molecule has 1 aromatic heterocycles. The van der Waals surface area contributed by atoms with Crippen LogP contribution < -0.4 is 10.6 Å². The molecule has 0 spiro atoms. The first-order chi connectivity index (χ1) is 15.2. The average molecular weight is 453 g/mol. The number of carbonyl (C=O) groups is 2. The zero-order valence-corrected chi connectivity index (χ0v) is 19.5.